The van der Waals surface area contributed by atoms with E-state index in [-0.39, 0.29) is 11.4 Å². The van der Waals surface area contributed by atoms with Crippen LogP contribution >= 0.6 is 0 Å². The zero-order chi connectivity index (χ0) is 12.6. The Bertz CT molecular complexity index is 408. The Morgan fingerprint density at radius 1 is 1.17 bits per heavy atom. The molecule has 0 radical (unpaired) electrons. The van der Waals surface area contributed by atoms with Gasteiger partial charge in [0, 0.05) is 5.54 Å². The van der Waals surface area contributed by atoms with E-state index in [4.69, 9.17) is 0 Å². The van der Waals surface area contributed by atoms with Crippen LogP contribution in [0.4, 0.5) is 4.39 Å². The second-order valence-electron chi connectivity index (χ2n) is 6.00. The Labute approximate surface area is 109 Å². The first kappa shape index (κ1) is 12.2. The lowest BCUT2D eigenvalue weighted by molar-refractivity contribution is 0.278. The number of halogens is 1. The highest BCUT2D eigenvalue weighted by Crippen LogP contribution is 2.49. The SMILES string of the molecule is Cc1cc(F)cc(C2(C3CC3)CCCCCN2)c1. The van der Waals surface area contributed by atoms with E-state index in [2.05, 4.69) is 11.4 Å². The number of benzene rings is 1. The summed E-state index contributed by atoms with van der Waals surface area (Å²) in [5, 5.41) is 3.76. The van der Waals surface area contributed by atoms with Crippen LogP contribution in [-0.4, -0.2) is 6.54 Å². The predicted octanol–water partition coefficient (Wildman–Crippen LogP) is 3.90. The number of aryl methyl sites for hydroxylation is 1. The molecule has 0 spiro atoms. The molecule has 0 amide bonds. The molecule has 18 heavy (non-hydrogen) atoms. The molecular weight excluding hydrogens is 225 g/mol. The van der Waals surface area contributed by atoms with Crippen LogP contribution in [0.15, 0.2) is 18.2 Å². The molecule has 1 aliphatic heterocycles. The van der Waals surface area contributed by atoms with Crippen LogP contribution in [0.1, 0.15) is 49.7 Å². The normalized spacial score (nSPS) is 29.0. The van der Waals surface area contributed by atoms with Gasteiger partial charge in [0.15, 0.2) is 0 Å². The fourth-order valence-electron chi connectivity index (χ4n) is 3.51. The first-order valence-electron chi connectivity index (χ1n) is 7.23. The van der Waals surface area contributed by atoms with Crippen LogP contribution in [0, 0.1) is 18.7 Å². The molecule has 1 heterocycles. The van der Waals surface area contributed by atoms with E-state index < -0.39 is 0 Å². The number of hydrogen-bond donors (Lipinski definition) is 1. The Kier molecular flexibility index (Phi) is 3.14. The van der Waals surface area contributed by atoms with Gasteiger partial charge in [-0.25, -0.2) is 4.39 Å². The van der Waals surface area contributed by atoms with E-state index in [1.807, 2.05) is 6.92 Å². The van der Waals surface area contributed by atoms with Gasteiger partial charge < -0.3 is 5.32 Å². The van der Waals surface area contributed by atoms with Gasteiger partial charge in [0.1, 0.15) is 5.82 Å². The van der Waals surface area contributed by atoms with Crippen molar-refractivity contribution in [2.75, 3.05) is 6.54 Å². The van der Waals surface area contributed by atoms with Crippen molar-refractivity contribution >= 4 is 0 Å². The predicted molar refractivity (Wildman–Crippen MR) is 72.0 cm³/mol. The van der Waals surface area contributed by atoms with Gasteiger partial charge in [0.2, 0.25) is 0 Å². The molecule has 98 valence electrons. The zero-order valence-electron chi connectivity index (χ0n) is 11.1. The molecule has 0 aromatic heterocycles. The topological polar surface area (TPSA) is 12.0 Å². The lowest BCUT2D eigenvalue weighted by Gasteiger charge is -2.35. The molecule has 2 aliphatic rings. The largest absolute Gasteiger partial charge is 0.307 e. The Balaban J connectivity index is 2.01. The minimum absolute atomic E-state index is 0.0589. The minimum atomic E-state index is -0.0870. The van der Waals surface area contributed by atoms with Gasteiger partial charge in [-0.2, -0.15) is 0 Å². The zero-order valence-corrected chi connectivity index (χ0v) is 11.1. The summed E-state index contributed by atoms with van der Waals surface area (Å²) < 4.78 is 13.7. The van der Waals surface area contributed by atoms with Gasteiger partial charge in [0.25, 0.3) is 0 Å². The van der Waals surface area contributed by atoms with Crippen molar-refractivity contribution in [1.82, 2.24) is 5.32 Å². The molecule has 1 aromatic rings. The number of nitrogens with one attached hydrogen (secondary N) is 1. The molecular formula is C16H22FN. The molecule has 1 N–H and O–H groups in total. The van der Waals surface area contributed by atoms with Gasteiger partial charge in [-0.1, -0.05) is 18.9 Å². The van der Waals surface area contributed by atoms with Crippen LogP contribution in [-0.2, 0) is 5.54 Å². The van der Waals surface area contributed by atoms with Gasteiger partial charge in [-0.3, -0.25) is 0 Å². The fourth-order valence-corrected chi connectivity index (χ4v) is 3.51. The van der Waals surface area contributed by atoms with E-state index in [1.54, 1.807) is 12.1 Å². The monoisotopic (exact) mass is 247 g/mol. The summed E-state index contributed by atoms with van der Waals surface area (Å²) in [7, 11) is 0. The maximum atomic E-state index is 13.7. The van der Waals surface area contributed by atoms with Crippen LogP contribution in [0.5, 0.6) is 0 Å². The highest BCUT2D eigenvalue weighted by molar-refractivity contribution is 5.32. The average molecular weight is 247 g/mol. The maximum absolute atomic E-state index is 13.7. The molecule has 1 aromatic carbocycles. The van der Waals surface area contributed by atoms with Crippen molar-refractivity contribution in [3.8, 4) is 0 Å². The Hall–Kier alpha value is -0.890. The lowest BCUT2D eigenvalue weighted by atomic mass is 9.80. The van der Waals surface area contributed by atoms with Crippen molar-refractivity contribution in [3.63, 3.8) is 0 Å². The Morgan fingerprint density at radius 2 is 2.00 bits per heavy atom. The first-order chi connectivity index (χ1) is 8.71. The molecule has 2 heteroatoms. The van der Waals surface area contributed by atoms with Crippen LogP contribution in [0.2, 0.25) is 0 Å². The molecule has 2 fully saturated rings. The molecule has 1 atom stereocenters. The van der Waals surface area contributed by atoms with Crippen LogP contribution in [0.3, 0.4) is 0 Å². The summed E-state index contributed by atoms with van der Waals surface area (Å²) in [6.07, 6.45) is 7.57. The van der Waals surface area contributed by atoms with Crippen LogP contribution < -0.4 is 5.32 Å². The number of rotatable bonds is 2. The van der Waals surface area contributed by atoms with E-state index in [0.717, 1.165) is 18.0 Å². The summed E-state index contributed by atoms with van der Waals surface area (Å²) in [5.41, 5.74) is 2.28. The standard InChI is InChI=1S/C16H22FN/c1-12-9-14(11-15(17)10-12)16(13-5-6-13)7-3-2-4-8-18-16/h9-11,13,18H,2-8H2,1H3. The maximum Gasteiger partial charge on any atom is 0.123 e. The Morgan fingerprint density at radius 3 is 2.72 bits per heavy atom. The van der Waals surface area contributed by atoms with Crippen molar-refractivity contribution in [2.24, 2.45) is 5.92 Å². The average Bonchev–Trinajstić information content (AvgIpc) is 3.15. The highest BCUT2D eigenvalue weighted by atomic mass is 19.1. The summed E-state index contributed by atoms with van der Waals surface area (Å²) in [5.74, 6) is 0.632. The molecule has 3 rings (SSSR count). The molecule has 1 unspecified atom stereocenters. The van der Waals surface area contributed by atoms with Gasteiger partial charge in [-0.05, 0) is 68.3 Å². The quantitative estimate of drug-likeness (QED) is 0.835. The second kappa shape index (κ2) is 4.65. The second-order valence-corrected chi connectivity index (χ2v) is 6.00. The van der Waals surface area contributed by atoms with Crippen molar-refractivity contribution in [2.45, 2.75) is 51.0 Å². The summed E-state index contributed by atoms with van der Waals surface area (Å²) in [4.78, 5) is 0. The third-order valence-corrected chi connectivity index (χ3v) is 4.52. The van der Waals surface area contributed by atoms with E-state index in [9.17, 15) is 4.39 Å². The molecule has 1 nitrogen and oxygen atoms in total. The van der Waals surface area contributed by atoms with Crippen molar-refractivity contribution in [1.29, 1.82) is 0 Å². The first-order valence-corrected chi connectivity index (χ1v) is 7.23. The molecule has 1 saturated heterocycles. The minimum Gasteiger partial charge on any atom is -0.307 e. The van der Waals surface area contributed by atoms with Crippen molar-refractivity contribution < 1.29 is 4.39 Å². The van der Waals surface area contributed by atoms with Crippen molar-refractivity contribution in [3.05, 3.63) is 35.1 Å². The summed E-state index contributed by atoms with van der Waals surface area (Å²) >= 11 is 0. The van der Waals surface area contributed by atoms with Gasteiger partial charge in [-0.15, -0.1) is 0 Å². The summed E-state index contributed by atoms with van der Waals surface area (Å²) in [6.45, 7) is 3.07. The van der Waals surface area contributed by atoms with E-state index >= 15 is 0 Å². The van der Waals surface area contributed by atoms with E-state index in [0.29, 0.717) is 0 Å². The smallest absolute Gasteiger partial charge is 0.123 e. The third-order valence-electron chi connectivity index (χ3n) is 4.52. The molecule has 0 bridgehead atoms. The third kappa shape index (κ3) is 2.18. The fraction of sp³-hybridized carbons (Fsp3) is 0.625. The highest BCUT2D eigenvalue weighted by Gasteiger charge is 2.46. The lowest BCUT2D eigenvalue weighted by Crippen LogP contribution is -2.44. The van der Waals surface area contributed by atoms with Crippen LogP contribution in [0.25, 0.3) is 0 Å². The molecule has 1 saturated carbocycles. The number of hydrogen-bond acceptors (Lipinski definition) is 1. The van der Waals surface area contributed by atoms with Gasteiger partial charge >= 0.3 is 0 Å². The molecule has 1 aliphatic carbocycles. The van der Waals surface area contributed by atoms with Gasteiger partial charge in [0.05, 0.1) is 0 Å². The summed E-state index contributed by atoms with van der Waals surface area (Å²) in [6, 6.07) is 5.56. The van der Waals surface area contributed by atoms with E-state index in [1.165, 1.54) is 44.1 Å².